The molecule has 36 heavy (non-hydrogen) atoms. The van der Waals surface area contributed by atoms with E-state index < -0.39 is 11.8 Å². The topological polar surface area (TPSA) is 211 Å². The zero-order valence-electron chi connectivity index (χ0n) is 18.8. The number of aromatic nitrogens is 5. The van der Waals surface area contributed by atoms with Crippen LogP contribution in [0.25, 0.3) is 5.82 Å². The van der Waals surface area contributed by atoms with E-state index in [1.54, 1.807) is 30.0 Å². The van der Waals surface area contributed by atoms with E-state index in [0.717, 1.165) is 16.7 Å². The third-order valence-electron chi connectivity index (χ3n) is 4.50. The van der Waals surface area contributed by atoms with Gasteiger partial charge in [0.2, 0.25) is 11.6 Å². The van der Waals surface area contributed by atoms with Crippen molar-refractivity contribution in [3.05, 3.63) is 35.2 Å². The molecule has 2 amide bonds. The molecule has 0 atom stereocenters. The second-order valence-electron chi connectivity index (χ2n) is 6.92. The summed E-state index contributed by atoms with van der Waals surface area (Å²) in [6.45, 7) is 0.457. The smallest absolute Gasteiger partial charge is 0.293 e. The van der Waals surface area contributed by atoms with E-state index in [1.807, 2.05) is 0 Å². The van der Waals surface area contributed by atoms with E-state index in [1.165, 1.54) is 29.8 Å². The number of primary amides is 1. The number of rotatable bonds is 10. The number of carbonyl (C=O) groups is 2. The van der Waals surface area contributed by atoms with E-state index in [0.29, 0.717) is 28.5 Å². The Kier molecular flexibility index (Phi) is 8.01. The standard InChI is InChI=1S/C19H20N10O5S2/c1-32-13-6-10(2-3-12(13)33-8-14(20)30)7-23-25-18(31)15-11(9-36-19-22-4-5-35-19)29(28-24-15)17-16(21)26-34-27-17/h2-3,6-7H,4-5,8-9H2,1H3,(H2,20,30)(H2,21,26)(H,25,31)/b23-7+. The van der Waals surface area contributed by atoms with Gasteiger partial charge in [0.05, 0.1) is 25.6 Å². The van der Waals surface area contributed by atoms with Gasteiger partial charge in [0.1, 0.15) is 4.38 Å². The first-order valence-corrected chi connectivity index (χ1v) is 12.2. The average molecular weight is 533 g/mol. The number of thioether (sulfide) groups is 2. The molecular weight excluding hydrogens is 512 g/mol. The molecule has 0 fully saturated rings. The number of hydrogen-bond acceptors (Lipinski definition) is 14. The number of methoxy groups -OCH3 is 1. The normalized spacial score (nSPS) is 13.1. The molecule has 17 heteroatoms. The quantitative estimate of drug-likeness (QED) is 0.236. The van der Waals surface area contributed by atoms with Gasteiger partial charge in [0.25, 0.3) is 11.8 Å². The van der Waals surface area contributed by atoms with Gasteiger partial charge in [0, 0.05) is 11.5 Å². The van der Waals surface area contributed by atoms with Gasteiger partial charge >= 0.3 is 0 Å². The minimum Gasteiger partial charge on any atom is -0.493 e. The molecule has 2 aromatic heterocycles. The molecule has 3 aromatic rings. The number of amides is 2. The highest BCUT2D eigenvalue weighted by Gasteiger charge is 2.24. The highest BCUT2D eigenvalue weighted by atomic mass is 32.2. The third kappa shape index (κ3) is 5.92. The lowest BCUT2D eigenvalue weighted by atomic mass is 10.2. The maximum atomic E-state index is 12.9. The molecule has 0 aliphatic carbocycles. The Morgan fingerprint density at radius 1 is 1.36 bits per heavy atom. The van der Waals surface area contributed by atoms with Gasteiger partial charge in [0.15, 0.2) is 23.8 Å². The molecule has 1 aliphatic heterocycles. The van der Waals surface area contributed by atoms with Gasteiger partial charge < -0.3 is 20.9 Å². The van der Waals surface area contributed by atoms with Crippen LogP contribution >= 0.6 is 23.5 Å². The molecule has 1 aromatic carbocycles. The van der Waals surface area contributed by atoms with Gasteiger partial charge in [-0.1, -0.05) is 28.7 Å². The van der Waals surface area contributed by atoms with E-state index in [2.05, 4.69) is 40.8 Å². The van der Waals surface area contributed by atoms with Crippen LogP contribution in [0.4, 0.5) is 5.82 Å². The Hall–Kier alpha value is -4.12. The number of anilines is 1. The highest BCUT2D eigenvalue weighted by Crippen LogP contribution is 2.28. The molecule has 1 aliphatic rings. The zero-order valence-corrected chi connectivity index (χ0v) is 20.4. The van der Waals surface area contributed by atoms with Crippen LogP contribution in [-0.4, -0.2) is 73.7 Å². The summed E-state index contributed by atoms with van der Waals surface area (Å²) in [4.78, 5) is 28.2. The lowest BCUT2D eigenvalue weighted by Gasteiger charge is -2.09. The average Bonchev–Trinajstić information content (AvgIpc) is 3.62. The van der Waals surface area contributed by atoms with Crippen molar-refractivity contribution >= 4 is 51.7 Å². The maximum absolute atomic E-state index is 12.9. The summed E-state index contributed by atoms with van der Waals surface area (Å²) >= 11 is 3.07. The Bertz CT molecular complexity index is 1320. The fraction of sp³-hybridized carbons (Fsp3) is 0.263. The van der Waals surface area contributed by atoms with Crippen molar-refractivity contribution in [1.82, 2.24) is 30.7 Å². The minimum absolute atomic E-state index is 0.000846. The van der Waals surface area contributed by atoms with Crippen molar-refractivity contribution in [1.29, 1.82) is 0 Å². The van der Waals surface area contributed by atoms with Crippen molar-refractivity contribution in [2.45, 2.75) is 5.75 Å². The largest absolute Gasteiger partial charge is 0.493 e. The maximum Gasteiger partial charge on any atom is 0.293 e. The number of hydrogen-bond donors (Lipinski definition) is 3. The predicted molar refractivity (Wildman–Crippen MR) is 132 cm³/mol. The van der Waals surface area contributed by atoms with Gasteiger partial charge in [-0.15, -0.1) is 5.10 Å². The monoisotopic (exact) mass is 532 g/mol. The molecule has 3 heterocycles. The third-order valence-corrected chi connectivity index (χ3v) is 6.77. The fourth-order valence-electron chi connectivity index (χ4n) is 2.90. The summed E-state index contributed by atoms with van der Waals surface area (Å²) in [6, 6.07) is 4.86. The van der Waals surface area contributed by atoms with E-state index in [9.17, 15) is 9.59 Å². The molecule has 0 radical (unpaired) electrons. The first-order chi connectivity index (χ1) is 17.5. The van der Waals surface area contributed by atoms with Crippen LogP contribution in [0.2, 0.25) is 0 Å². The van der Waals surface area contributed by atoms with Crippen LogP contribution < -0.4 is 26.4 Å². The second kappa shape index (κ2) is 11.5. The molecule has 0 saturated carbocycles. The number of ether oxygens (including phenoxy) is 2. The Morgan fingerprint density at radius 2 is 2.22 bits per heavy atom. The summed E-state index contributed by atoms with van der Waals surface area (Å²) in [6.07, 6.45) is 1.40. The van der Waals surface area contributed by atoms with Gasteiger partial charge in [-0.25, -0.2) is 10.1 Å². The second-order valence-corrected chi connectivity index (χ2v) is 9.22. The van der Waals surface area contributed by atoms with E-state index >= 15 is 0 Å². The van der Waals surface area contributed by atoms with Gasteiger partial charge in [-0.2, -0.15) is 9.78 Å². The number of nitrogens with two attached hydrogens (primary N) is 2. The predicted octanol–water partition coefficient (Wildman–Crippen LogP) is 0.205. The molecule has 0 unspecified atom stereocenters. The number of hydrazone groups is 1. The molecule has 0 bridgehead atoms. The number of nitrogen functional groups attached to an aromatic ring is 1. The summed E-state index contributed by atoms with van der Waals surface area (Å²) < 4.78 is 17.4. The minimum atomic E-state index is -0.613. The van der Waals surface area contributed by atoms with Crippen LogP contribution in [0.15, 0.2) is 32.9 Å². The van der Waals surface area contributed by atoms with E-state index in [4.69, 9.17) is 20.9 Å². The zero-order chi connectivity index (χ0) is 25.5. The SMILES string of the molecule is COc1cc(/C=N/NC(=O)c2nnn(-c3nonc3N)c2CSC2=NCCS2)ccc1OCC(N)=O. The first-order valence-electron chi connectivity index (χ1n) is 10.2. The van der Waals surface area contributed by atoms with Crippen LogP contribution in [0, 0.1) is 0 Å². The Morgan fingerprint density at radius 3 is 2.92 bits per heavy atom. The number of benzene rings is 1. The molecule has 4 rings (SSSR count). The van der Waals surface area contributed by atoms with Crippen LogP contribution in [0.5, 0.6) is 11.5 Å². The van der Waals surface area contributed by atoms with Crippen LogP contribution in [0.1, 0.15) is 21.7 Å². The molecule has 188 valence electrons. The van der Waals surface area contributed by atoms with Crippen molar-refractivity contribution in [2.75, 3.05) is 31.7 Å². The Balaban J connectivity index is 1.49. The number of nitrogens with zero attached hydrogens (tertiary/aromatic N) is 7. The first kappa shape index (κ1) is 25.0. The van der Waals surface area contributed by atoms with Crippen LogP contribution in [0.3, 0.4) is 0 Å². The molecule has 0 saturated heterocycles. The van der Waals surface area contributed by atoms with Gasteiger partial charge in [-0.3, -0.25) is 14.6 Å². The van der Waals surface area contributed by atoms with Crippen molar-refractivity contribution < 1.29 is 23.7 Å². The lowest BCUT2D eigenvalue weighted by molar-refractivity contribution is -0.119. The molecular formula is C19H20N10O5S2. The number of nitrogens with one attached hydrogen (secondary N) is 1. The summed E-state index contributed by atoms with van der Waals surface area (Å²) in [5.41, 5.74) is 14.4. The van der Waals surface area contributed by atoms with Crippen molar-refractivity contribution in [2.24, 2.45) is 15.8 Å². The van der Waals surface area contributed by atoms with Crippen molar-refractivity contribution in [3.63, 3.8) is 0 Å². The fourth-order valence-corrected chi connectivity index (χ4v) is 4.90. The van der Waals surface area contributed by atoms with Gasteiger partial charge in [-0.05, 0) is 34.1 Å². The number of carbonyl (C=O) groups excluding carboxylic acids is 2. The molecule has 0 spiro atoms. The molecule has 15 nitrogen and oxygen atoms in total. The molecule has 5 N–H and O–H groups in total. The highest BCUT2D eigenvalue weighted by molar-refractivity contribution is 8.38. The summed E-state index contributed by atoms with van der Waals surface area (Å²) in [5, 5.41) is 19.3. The van der Waals surface area contributed by atoms with E-state index in [-0.39, 0.29) is 23.9 Å². The van der Waals surface area contributed by atoms with Crippen molar-refractivity contribution in [3.8, 4) is 17.3 Å². The number of aliphatic imine (C=N–C) groups is 1. The Labute approximate surface area is 212 Å². The lowest BCUT2D eigenvalue weighted by Crippen LogP contribution is -2.20. The summed E-state index contributed by atoms with van der Waals surface area (Å²) in [5.74, 6) is 0.832. The summed E-state index contributed by atoms with van der Waals surface area (Å²) in [7, 11) is 1.45. The van der Waals surface area contributed by atoms with Crippen LogP contribution in [-0.2, 0) is 10.5 Å².